The van der Waals surface area contributed by atoms with E-state index in [1.54, 1.807) is 6.33 Å². The average molecular weight is 201 g/mol. The molecule has 0 fully saturated rings. The van der Waals surface area contributed by atoms with Gasteiger partial charge in [0.2, 0.25) is 0 Å². The molecular formula is C11H11N3O. The fourth-order valence-corrected chi connectivity index (χ4v) is 1.87. The molecule has 0 atom stereocenters. The molecule has 4 heteroatoms. The molecule has 0 amide bonds. The maximum absolute atomic E-state index is 5.51. The molecule has 0 unspecified atom stereocenters. The standard InChI is InChI=1S/C11H11N3O/c1-2-6-10-9(4-1)5-3-7-15-11-13-12-8-14(10)11/h1-2,4,6,8H,3,5,7H2. The number of benzene rings is 1. The van der Waals surface area contributed by atoms with Gasteiger partial charge < -0.3 is 4.74 Å². The minimum Gasteiger partial charge on any atom is -0.463 e. The van der Waals surface area contributed by atoms with Gasteiger partial charge in [0.05, 0.1) is 12.3 Å². The van der Waals surface area contributed by atoms with E-state index in [1.165, 1.54) is 5.56 Å². The first kappa shape index (κ1) is 8.47. The Bertz CT molecular complexity index is 478. The van der Waals surface area contributed by atoms with Crippen LogP contribution in [-0.2, 0) is 6.42 Å². The van der Waals surface area contributed by atoms with Crippen LogP contribution in [0.1, 0.15) is 12.0 Å². The SMILES string of the molecule is c1ccc2c(c1)CCCOc1nncn1-2. The topological polar surface area (TPSA) is 39.9 Å². The molecule has 76 valence electrons. The lowest BCUT2D eigenvalue weighted by Crippen LogP contribution is -2.10. The third-order valence-corrected chi connectivity index (χ3v) is 2.59. The van der Waals surface area contributed by atoms with Crippen molar-refractivity contribution in [1.82, 2.24) is 14.8 Å². The van der Waals surface area contributed by atoms with Gasteiger partial charge in [-0.05, 0) is 24.5 Å². The van der Waals surface area contributed by atoms with Gasteiger partial charge in [-0.25, -0.2) is 0 Å². The van der Waals surface area contributed by atoms with Gasteiger partial charge >= 0.3 is 6.01 Å². The second-order valence-corrected chi connectivity index (χ2v) is 3.56. The van der Waals surface area contributed by atoms with Crippen LogP contribution >= 0.6 is 0 Å². The lowest BCUT2D eigenvalue weighted by atomic mass is 10.1. The van der Waals surface area contributed by atoms with Crippen molar-refractivity contribution in [2.45, 2.75) is 12.8 Å². The number of fused-ring (bicyclic) bond motifs is 3. The number of nitrogens with zero attached hydrogens (tertiary/aromatic N) is 3. The Morgan fingerprint density at radius 1 is 1.27 bits per heavy atom. The molecule has 1 aromatic carbocycles. The number of aromatic nitrogens is 3. The summed E-state index contributed by atoms with van der Waals surface area (Å²) >= 11 is 0. The lowest BCUT2D eigenvalue weighted by molar-refractivity contribution is 0.277. The summed E-state index contributed by atoms with van der Waals surface area (Å²) in [5.41, 5.74) is 2.44. The summed E-state index contributed by atoms with van der Waals surface area (Å²) in [5, 5.41) is 7.82. The van der Waals surface area contributed by atoms with Crippen LogP contribution in [0.25, 0.3) is 5.69 Å². The lowest BCUT2D eigenvalue weighted by Gasteiger charge is -2.15. The third-order valence-electron chi connectivity index (χ3n) is 2.59. The molecule has 0 radical (unpaired) electrons. The summed E-state index contributed by atoms with van der Waals surface area (Å²) in [4.78, 5) is 0. The molecular weight excluding hydrogens is 190 g/mol. The molecule has 0 spiro atoms. The van der Waals surface area contributed by atoms with Crippen LogP contribution in [-0.4, -0.2) is 21.4 Å². The molecule has 0 aliphatic carbocycles. The summed E-state index contributed by atoms with van der Waals surface area (Å²) in [6.45, 7) is 0.701. The Labute approximate surface area is 87.5 Å². The smallest absolute Gasteiger partial charge is 0.321 e. The second-order valence-electron chi connectivity index (χ2n) is 3.56. The van der Waals surface area contributed by atoms with E-state index in [1.807, 2.05) is 10.6 Å². The van der Waals surface area contributed by atoms with Gasteiger partial charge in [-0.3, -0.25) is 4.57 Å². The Morgan fingerprint density at radius 2 is 2.20 bits per heavy atom. The quantitative estimate of drug-likeness (QED) is 0.649. The number of rotatable bonds is 0. The van der Waals surface area contributed by atoms with E-state index in [9.17, 15) is 0 Å². The van der Waals surface area contributed by atoms with Crippen molar-refractivity contribution < 1.29 is 4.74 Å². The van der Waals surface area contributed by atoms with Crippen LogP contribution in [0.15, 0.2) is 30.6 Å². The monoisotopic (exact) mass is 201 g/mol. The number of ether oxygens (including phenoxy) is 1. The van der Waals surface area contributed by atoms with Gasteiger partial charge in [-0.2, -0.15) is 0 Å². The van der Waals surface area contributed by atoms with E-state index < -0.39 is 0 Å². The Balaban J connectivity index is 2.21. The summed E-state index contributed by atoms with van der Waals surface area (Å²) < 4.78 is 7.41. The molecule has 1 aliphatic heterocycles. The Kier molecular flexibility index (Phi) is 1.91. The van der Waals surface area contributed by atoms with Crippen molar-refractivity contribution >= 4 is 0 Å². The van der Waals surface area contributed by atoms with Crippen molar-refractivity contribution in [3.63, 3.8) is 0 Å². The number of para-hydroxylation sites is 1. The molecule has 0 bridgehead atoms. The molecule has 0 saturated heterocycles. The molecule has 2 aromatic rings. The summed E-state index contributed by atoms with van der Waals surface area (Å²) in [6, 6.07) is 8.87. The van der Waals surface area contributed by atoms with E-state index in [-0.39, 0.29) is 0 Å². The normalized spacial score (nSPS) is 14.4. The Morgan fingerprint density at radius 3 is 3.20 bits per heavy atom. The van der Waals surface area contributed by atoms with E-state index in [2.05, 4.69) is 28.4 Å². The van der Waals surface area contributed by atoms with Crippen molar-refractivity contribution in [1.29, 1.82) is 0 Å². The first-order chi connectivity index (χ1) is 7.45. The van der Waals surface area contributed by atoms with E-state index >= 15 is 0 Å². The Hall–Kier alpha value is -1.84. The summed E-state index contributed by atoms with van der Waals surface area (Å²) in [6.07, 6.45) is 3.75. The summed E-state index contributed by atoms with van der Waals surface area (Å²) in [7, 11) is 0. The van der Waals surface area contributed by atoms with Gasteiger partial charge in [0.1, 0.15) is 6.33 Å². The van der Waals surface area contributed by atoms with Crippen molar-refractivity contribution in [2.75, 3.05) is 6.61 Å². The van der Waals surface area contributed by atoms with Crippen molar-refractivity contribution in [2.24, 2.45) is 0 Å². The maximum Gasteiger partial charge on any atom is 0.321 e. The summed E-state index contributed by atoms with van der Waals surface area (Å²) in [5.74, 6) is 0. The zero-order chi connectivity index (χ0) is 10.1. The predicted molar refractivity (Wildman–Crippen MR) is 55.2 cm³/mol. The molecule has 2 heterocycles. The van der Waals surface area contributed by atoms with Gasteiger partial charge in [0.15, 0.2) is 0 Å². The first-order valence-electron chi connectivity index (χ1n) is 5.06. The fourth-order valence-electron chi connectivity index (χ4n) is 1.87. The highest BCUT2D eigenvalue weighted by Gasteiger charge is 2.13. The number of hydrogen-bond donors (Lipinski definition) is 0. The molecule has 15 heavy (non-hydrogen) atoms. The maximum atomic E-state index is 5.51. The largest absolute Gasteiger partial charge is 0.463 e. The van der Waals surface area contributed by atoms with E-state index in [0.29, 0.717) is 12.6 Å². The minimum absolute atomic E-state index is 0.585. The predicted octanol–water partition coefficient (Wildman–Crippen LogP) is 1.59. The number of hydrogen-bond acceptors (Lipinski definition) is 3. The van der Waals surface area contributed by atoms with Crippen LogP contribution < -0.4 is 4.74 Å². The van der Waals surface area contributed by atoms with Crippen LogP contribution in [0.2, 0.25) is 0 Å². The molecule has 0 N–H and O–H groups in total. The zero-order valence-corrected chi connectivity index (χ0v) is 8.26. The average Bonchev–Trinajstić information content (AvgIpc) is 2.69. The van der Waals surface area contributed by atoms with Crippen molar-refractivity contribution in [3.8, 4) is 11.7 Å². The molecule has 4 nitrogen and oxygen atoms in total. The number of aryl methyl sites for hydroxylation is 1. The minimum atomic E-state index is 0.585. The van der Waals surface area contributed by atoms with Crippen LogP contribution in [0.5, 0.6) is 6.01 Å². The molecule has 1 aliphatic rings. The van der Waals surface area contributed by atoms with Gasteiger partial charge in [0, 0.05) is 0 Å². The third kappa shape index (κ3) is 1.38. The van der Waals surface area contributed by atoms with Crippen LogP contribution in [0.3, 0.4) is 0 Å². The van der Waals surface area contributed by atoms with Gasteiger partial charge in [-0.1, -0.05) is 23.3 Å². The van der Waals surface area contributed by atoms with E-state index in [4.69, 9.17) is 4.74 Å². The highest BCUT2D eigenvalue weighted by atomic mass is 16.5. The first-order valence-corrected chi connectivity index (χ1v) is 5.06. The van der Waals surface area contributed by atoms with Gasteiger partial charge in [0.25, 0.3) is 0 Å². The van der Waals surface area contributed by atoms with Crippen molar-refractivity contribution in [3.05, 3.63) is 36.2 Å². The highest BCUT2D eigenvalue weighted by molar-refractivity contribution is 5.42. The van der Waals surface area contributed by atoms with E-state index in [0.717, 1.165) is 18.5 Å². The fraction of sp³-hybridized carbons (Fsp3) is 0.273. The molecule has 3 rings (SSSR count). The zero-order valence-electron chi connectivity index (χ0n) is 8.26. The van der Waals surface area contributed by atoms with Crippen LogP contribution in [0, 0.1) is 0 Å². The van der Waals surface area contributed by atoms with Crippen LogP contribution in [0.4, 0.5) is 0 Å². The highest BCUT2D eigenvalue weighted by Crippen LogP contribution is 2.22. The molecule has 0 saturated carbocycles. The second kappa shape index (κ2) is 3.38. The molecule has 1 aromatic heterocycles. The van der Waals surface area contributed by atoms with Gasteiger partial charge in [-0.15, -0.1) is 5.10 Å².